The second-order valence-electron chi connectivity index (χ2n) is 5.97. The van der Waals surface area contributed by atoms with Gasteiger partial charge in [0.2, 0.25) is 15.9 Å². The third-order valence-corrected chi connectivity index (χ3v) is 7.14. The average molecular weight is 427 g/mol. The zero-order valence-corrected chi connectivity index (χ0v) is 16.9. The maximum absolute atomic E-state index is 12.8. The molecule has 7 nitrogen and oxygen atoms in total. The fourth-order valence-corrected chi connectivity index (χ4v) is 5.00. The van der Waals surface area contributed by atoms with Gasteiger partial charge in [0, 0.05) is 25.5 Å². The first-order valence-electron chi connectivity index (χ1n) is 8.46. The van der Waals surface area contributed by atoms with Crippen molar-refractivity contribution >= 4 is 45.0 Å². The average Bonchev–Trinajstić information content (AvgIpc) is 2.69. The molecule has 1 aliphatic heterocycles. The highest BCUT2D eigenvalue weighted by molar-refractivity contribution is 7.99. The van der Waals surface area contributed by atoms with Gasteiger partial charge in [-0.05, 0) is 37.1 Å². The lowest BCUT2D eigenvalue weighted by molar-refractivity contribution is -0.113. The fraction of sp³-hybridized carbons (Fsp3) is 0.353. The van der Waals surface area contributed by atoms with Crippen LogP contribution in [-0.2, 0) is 14.8 Å². The van der Waals surface area contributed by atoms with Crippen LogP contribution in [0.2, 0.25) is 5.02 Å². The first-order chi connectivity index (χ1) is 13.0. The molecule has 0 unspecified atom stereocenters. The van der Waals surface area contributed by atoms with Crippen LogP contribution in [0.15, 0.2) is 46.7 Å². The van der Waals surface area contributed by atoms with E-state index in [2.05, 4.69) is 15.3 Å². The minimum Gasteiger partial charge on any atom is -0.324 e. The number of sulfonamides is 1. The summed E-state index contributed by atoms with van der Waals surface area (Å²) in [5.74, 6) is -0.231. The van der Waals surface area contributed by atoms with Crippen molar-refractivity contribution in [1.29, 1.82) is 0 Å². The summed E-state index contributed by atoms with van der Waals surface area (Å²) in [7, 11) is -3.59. The normalized spacial score (nSPS) is 15.4. The number of hydrogen-bond donors (Lipinski definition) is 1. The molecule has 1 amide bonds. The summed E-state index contributed by atoms with van der Waals surface area (Å²) in [5.41, 5.74) is 0.273. The van der Waals surface area contributed by atoms with Gasteiger partial charge in [-0.15, -0.1) is 0 Å². The van der Waals surface area contributed by atoms with Crippen molar-refractivity contribution in [2.75, 3.05) is 24.2 Å². The van der Waals surface area contributed by atoms with Crippen LogP contribution < -0.4 is 5.32 Å². The number of piperidine rings is 1. The lowest BCUT2D eigenvalue weighted by atomic mass is 10.2. The first-order valence-corrected chi connectivity index (χ1v) is 11.3. The number of anilines is 1. The fourth-order valence-electron chi connectivity index (χ4n) is 2.69. The SMILES string of the molecule is O=C(CSc1ncccn1)Nc1cc(S(=O)(=O)N2CCCCC2)ccc1Cl. The van der Waals surface area contributed by atoms with Crippen molar-refractivity contribution in [2.45, 2.75) is 29.3 Å². The largest absolute Gasteiger partial charge is 0.324 e. The topological polar surface area (TPSA) is 92.3 Å². The molecule has 3 rings (SSSR count). The van der Waals surface area contributed by atoms with E-state index in [1.807, 2.05) is 0 Å². The zero-order valence-electron chi connectivity index (χ0n) is 14.5. The van der Waals surface area contributed by atoms with Gasteiger partial charge in [0.05, 0.1) is 21.4 Å². The molecule has 1 aliphatic rings. The van der Waals surface area contributed by atoms with E-state index in [9.17, 15) is 13.2 Å². The van der Waals surface area contributed by atoms with E-state index in [1.54, 1.807) is 18.5 Å². The van der Waals surface area contributed by atoms with Crippen molar-refractivity contribution in [3.8, 4) is 0 Å². The molecule has 0 radical (unpaired) electrons. The van der Waals surface area contributed by atoms with Crippen molar-refractivity contribution in [2.24, 2.45) is 0 Å². The summed E-state index contributed by atoms with van der Waals surface area (Å²) >= 11 is 7.32. The summed E-state index contributed by atoms with van der Waals surface area (Å²) in [6.07, 6.45) is 5.94. The molecule has 10 heteroatoms. The summed E-state index contributed by atoms with van der Waals surface area (Å²) in [5, 5.41) is 3.43. The number of aromatic nitrogens is 2. The number of hydrogen-bond acceptors (Lipinski definition) is 6. The van der Waals surface area contributed by atoms with Crippen molar-refractivity contribution < 1.29 is 13.2 Å². The predicted octanol–water partition coefficient (Wildman–Crippen LogP) is 3.04. The van der Waals surface area contributed by atoms with E-state index in [1.165, 1.54) is 34.3 Å². The summed E-state index contributed by atoms with van der Waals surface area (Å²) in [6, 6.07) is 6.06. The second kappa shape index (κ2) is 9.01. The van der Waals surface area contributed by atoms with E-state index >= 15 is 0 Å². The van der Waals surface area contributed by atoms with Gasteiger partial charge in [-0.3, -0.25) is 4.79 Å². The first kappa shape index (κ1) is 20.1. The summed E-state index contributed by atoms with van der Waals surface area (Å²) in [6.45, 7) is 1.03. The highest BCUT2D eigenvalue weighted by Gasteiger charge is 2.26. The Labute approximate surface area is 167 Å². The number of benzene rings is 1. The highest BCUT2D eigenvalue weighted by atomic mass is 35.5. The molecule has 1 aromatic carbocycles. The van der Waals surface area contributed by atoms with E-state index < -0.39 is 10.0 Å². The van der Waals surface area contributed by atoms with Crippen molar-refractivity contribution in [3.05, 3.63) is 41.7 Å². The molecule has 0 bridgehead atoms. The van der Waals surface area contributed by atoms with E-state index in [0.717, 1.165) is 19.3 Å². The Morgan fingerprint density at radius 1 is 1.19 bits per heavy atom. The van der Waals surface area contributed by atoms with Gasteiger partial charge in [0.1, 0.15) is 0 Å². The Hall–Kier alpha value is -1.68. The van der Waals surface area contributed by atoms with E-state index in [4.69, 9.17) is 11.6 Å². The molecular formula is C17H19ClN4O3S2. The molecule has 1 N–H and O–H groups in total. The van der Waals surface area contributed by atoms with Crippen LogP contribution in [0.1, 0.15) is 19.3 Å². The number of rotatable bonds is 6. The maximum Gasteiger partial charge on any atom is 0.243 e. The molecule has 0 saturated carbocycles. The van der Waals surface area contributed by atoms with E-state index in [-0.39, 0.29) is 27.3 Å². The minimum absolute atomic E-state index is 0.0868. The van der Waals surface area contributed by atoms with Crippen LogP contribution >= 0.6 is 23.4 Å². The number of thioether (sulfide) groups is 1. The lowest BCUT2D eigenvalue weighted by Gasteiger charge is -2.26. The Morgan fingerprint density at radius 2 is 1.89 bits per heavy atom. The van der Waals surface area contributed by atoms with Crippen LogP contribution in [0.3, 0.4) is 0 Å². The van der Waals surface area contributed by atoms with Gasteiger partial charge in [-0.25, -0.2) is 18.4 Å². The van der Waals surface area contributed by atoms with Gasteiger partial charge < -0.3 is 5.32 Å². The molecule has 2 heterocycles. The van der Waals surface area contributed by atoms with Gasteiger partial charge in [0.15, 0.2) is 5.16 Å². The Kier molecular flexibility index (Phi) is 6.69. The Balaban J connectivity index is 1.70. The molecule has 1 fully saturated rings. The number of nitrogens with one attached hydrogen (secondary N) is 1. The summed E-state index contributed by atoms with van der Waals surface area (Å²) < 4.78 is 27.1. The molecule has 1 aromatic heterocycles. The number of nitrogens with zero attached hydrogens (tertiary/aromatic N) is 3. The van der Waals surface area contributed by atoms with Crippen LogP contribution in [0.4, 0.5) is 5.69 Å². The third kappa shape index (κ3) is 5.19. The molecule has 27 heavy (non-hydrogen) atoms. The highest BCUT2D eigenvalue weighted by Crippen LogP contribution is 2.28. The monoisotopic (exact) mass is 426 g/mol. The number of carbonyl (C=O) groups is 1. The molecule has 0 atom stereocenters. The maximum atomic E-state index is 12.8. The number of amides is 1. The second-order valence-corrected chi connectivity index (χ2v) is 9.26. The number of carbonyl (C=O) groups excluding carboxylic acids is 1. The standard InChI is InChI=1S/C17H19ClN4O3S2/c18-14-6-5-13(27(24,25)22-9-2-1-3-10-22)11-15(14)21-16(23)12-26-17-19-7-4-8-20-17/h4-8,11H,1-3,9-10,12H2,(H,21,23). The van der Waals surface area contributed by atoms with Crippen molar-refractivity contribution in [1.82, 2.24) is 14.3 Å². The molecule has 0 aliphatic carbocycles. The lowest BCUT2D eigenvalue weighted by Crippen LogP contribution is -2.35. The molecular weight excluding hydrogens is 408 g/mol. The third-order valence-electron chi connectivity index (χ3n) is 4.04. The van der Waals surface area contributed by atoms with Crippen molar-refractivity contribution in [3.63, 3.8) is 0 Å². The number of halogens is 1. The smallest absolute Gasteiger partial charge is 0.243 e. The Bertz CT molecular complexity index is 904. The minimum atomic E-state index is -3.59. The van der Waals surface area contributed by atoms with Crippen LogP contribution in [0, 0.1) is 0 Å². The van der Waals surface area contributed by atoms with Gasteiger partial charge >= 0.3 is 0 Å². The van der Waals surface area contributed by atoms with Crippen LogP contribution in [0.5, 0.6) is 0 Å². The zero-order chi connectivity index (χ0) is 19.3. The van der Waals surface area contributed by atoms with Crippen LogP contribution in [0.25, 0.3) is 0 Å². The molecule has 0 spiro atoms. The molecule has 2 aromatic rings. The summed E-state index contributed by atoms with van der Waals surface area (Å²) in [4.78, 5) is 20.4. The van der Waals surface area contributed by atoms with Gasteiger partial charge in [-0.2, -0.15) is 4.31 Å². The van der Waals surface area contributed by atoms with Gasteiger partial charge in [-0.1, -0.05) is 29.8 Å². The van der Waals surface area contributed by atoms with Crippen LogP contribution in [-0.4, -0.2) is 47.4 Å². The predicted molar refractivity (Wildman–Crippen MR) is 105 cm³/mol. The molecule has 1 saturated heterocycles. The van der Waals surface area contributed by atoms with E-state index in [0.29, 0.717) is 18.2 Å². The Morgan fingerprint density at radius 3 is 2.59 bits per heavy atom. The van der Waals surface area contributed by atoms with Gasteiger partial charge in [0.25, 0.3) is 0 Å². The molecule has 144 valence electrons. The quantitative estimate of drug-likeness (QED) is 0.563.